The lowest BCUT2D eigenvalue weighted by molar-refractivity contribution is -0.384. The highest BCUT2D eigenvalue weighted by Gasteiger charge is 2.31. The van der Waals surface area contributed by atoms with Crippen molar-refractivity contribution >= 4 is 34.9 Å². The van der Waals surface area contributed by atoms with Crippen LogP contribution in [0, 0.1) is 16.0 Å². The standard InChI is InChI=1S/C18H22ClN3O5/c1-27-18(24)13-8-16(22(25)26)15(9-14(13)19)20-6-7-21(17(23)11-20)10-12-4-2-3-5-12/h8-9,12H,2-7,10-11H2,1H3. The number of nitro groups is 1. The number of rotatable bonds is 5. The van der Waals surface area contributed by atoms with Crippen LogP contribution in [0.4, 0.5) is 11.4 Å². The number of carbonyl (C=O) groups excluding carboxylic acids is 2. The van der Waals surface area contributed by atoms with E-state index in [4.69, 9.17) is 11.6 Å². The first-order chi connectivity index (χ1) is 12.9. The summed E-state index contributed by atoms with van der Waals surface area (Å²) >= 11 is 6.13. The first kappa shape index (κ1) is 19.4. The molecule has 1 aliphatic heterocycles. The van der Waals surface area contributed by atoms with Crippen molar-refractivity contribution in [3.63, 3.8) is 0 Å². The van der Waals surface area contributed by atoms with E-state index in [-0.39, 0.29) is 34.4 Å². The summed E-state index contributed by atoms with van der Waals surface area (Å²) in [6, 6.07) is 2.48. The van der Waals surface area contributed by atoms with E-state index in [1.807, 2.05) is 4.90 Å². The molecule has 1 saturated heterocycles. The van der Waals surface area contributed by atoms with Crippen molar-refractivity contribution in [2.45, 2.75) is 25.7 Å². The Labute approximate surface area is 162 Å². The quantitative estimate of drug-likeness (QED) is 0.432. The molecule has 146 valence electrons. The van der Waals surface area contributed by atoms with Crippen molar-refractivity contribution in [2.24, 2.45) is 5.92 Å². The van der Waals surface area contributed by atoms with E-state index in [1.165, 1.54) is 26.0 Å². The Hall–Kier alpha value is -2.35. The van der Waals surface area contributed by atoms with Gasteiger partial charge in [-0.3, -0.25) is 14.9 Å². The largest absolute Gasteiger partial charge is 0.465 e. The van der Waals surface area contributed by atoms with Gasteiger partial charge in [0, 0.05) is 25.7 Å². The number of benzene rings is 1. The van der Waals surface area contributed by atoms with Crippen molar-refractivity contribution in [3.8, 4) is 0 Å². The maximum atomic E-state index is 12.6. The number of anilines is 1. The van der Waals surface area contributed by atoms with Crippen LogP contribution in [0.3, 0.4) is 0 Å². The molecule has 8 nitrogen and oxygen atoms in total. The summed E-state index contributed by atoms with van der Waals surface area (Å²) < 4.78 is 4.61. The topological polar surface area (TPSA) is 93.0 Å². The molecular weight excluding hydrogens is 374 g/mol. The van der Waals surface area contributed by atoms with Crippen LogP contribution in [0.5, 0.6) is 0 Å². The molecular formula is C18H22ClN3O5. The van der Waals surface area contributed by atoms with Crippen LogP contribution in [-0.4, -0.2) is 55.0 Å². The number of amides is 1. The summed E-state index contributed by atoms with van der Waals surface area (Å²) in [5.74, 6) is -0.230. The zero-order valence-electron chi connectivity index (χ0n) is 15.1. The van der Waals surface area contributed by atoms with Gasteiger partial charge in [0.25, 0.3) is 5.69 Å². The highest BCUT2D eigenvalue weighted by Crippen LogP contribution is 2.35. The van der Waals surface area contributed by atoms with Crippen molar-refractivity contribution in [1.29, 1.82) is 0 Å². The van der Waals surface area contributed by atoms with Crippen molar-refractivity contribution in [1.82, 2.24) is 4.90 Å². The van der Waals surface area contributed by atoms with Crippen LogP contribution < -0.4 is 4.90 Å². The summed E-state index contributed by atoms with van der Waals surface area (Å²) in [6.07, 6.45) is 4.75. The molecule has 2 fully saturated rings. The van der Waals surface area contributed by atoms with Crippen molar-refractivity contribution in [3.05, 3.63) is 32.8 Å². The van der Waals surface area contributed by atoms with Gasteiger partial charge >= 0.3 is 5.97 Å². The van der Waals surface area contributed by atoms with Gasteiger partial charge in [-0.2, -0.15) is 0 Å². The Morgan fingerprint density at radius 1 is 1.33 bits per heavy atom. The number of nitro benzene ring substituents is 1. The van der Waals surface area contributed by atoms with Gasteiger partial charge < -0.3 is 14.5 Å². The lowest BCUT2D eigenvalue weighted by Crippen LogP contribution is -2.51. The Morgan fingerprint density at radius 2 is 2.04 bits per heavy atom. The Bertz CT molecular complexity index is 764. The lowest BCUT2D eigenvalue weighted by atomic mass is 10.1. The van der Waals surface area contributed by atoms with Gasteiger partial charge in [0.2, 0.25) is 5.91 Å². The molecule has 0 aromatic heterocycles. The van der Waals surface area contributed by atoms with Gasteiger partial charge in [-0.1, -0.05) is 24.4 Å². The molecule has 0 radical (unpaired) electrons. The van der Waals surface area contributed by atoms with Gasteiger partial charge in [0.05, 0.1) is 29.2 Å². The third-order valence-electron chi connectivity index (χ3n) is 5.28. The summed E-state index contributed by atoms with van der Waals surface area (Å²) in [6.45, 7) is 1.81. The molecule has 1 aromatic rings. The third kappa shape index (κ3) is 4.16. The Kier molecular flexibility index (Phi) is 5.84. The second-order valence-electron chi connectivity index (χ2n) is 6.98. The minimum atomic E-state index is -0.743. The molecule has 1 heterocycles. The average Bonchev–Trinajstić information content (AvgIpc) is 3.15. The number of carbonyl (C=O) groups is 2. The number of esters is 1. The van der Waals surface area contributed by atoms with Crippen LogP contribution in [0.2, 0.25) is 5.02 Å². The Balaban J connectivity index is 1.80. The number of piperazine rings is 1. The molecule has 9 heteroatoms. The molecule has 2 aliphatic rings. The van der Waals surface area contributed by atoms with E-state index in [9.17, 15) is 19.7 Å². The Morgan fingerprint density at radius 3 is 2.63 bits per heavy atom. The van der Waals surface area contributed by atoms with Crippen LogP contribution in [0.25, 0.3) is 0 Å². The predicted octanol–water partition coefficient (Wildman–Crippen LogP) is 2.87. The minimum Gasteiger partial charge on any atom is -0.465 e. The molecule has 3 rings (SSSR count). The fraction of sp³-hybridized carbons (Fsp3) is 0.556. The molecule has 0 N–H and O–H groups in total. The van der Waals surface area contributed by atoms with Crippen molar-refractivity contribution < 1.29 is 19.2 Å². The van der Waals surface area contributed by atoms with Gasteiger partial charge in [0.1, 0.15) is 5.69 Å². The number of methoxy groups -OCH3 is 1. The molecule has 27 heavy (non-hydrogen) atoms. The fourth-order valence-corrected chi connectivity index (χ4v) is 4.06. The number of nitrogens with zero attached hydrogens (tertiary/aromatic N) is 3. The third-order valence-corrected chi connectivity index (χ3v) is 5.59. The molecule has 0 atom stereocenters. The first-order valence-electron chi connectivity index (χ1n) is 8.99. The second-order valence-corrected chi connectivity index (χ2v) is 7.39. The van der Waals surface area contributed by atoms with Crippen LogP contribution in [-0.2, 0) is 9.53 Å². The average molecular weight is 396 g/mol. The maximum absolute atomic E-state index is 12.6. The van der Waals surface area contributed by atoms with Crippen LogP contribution in [0.15, 0.2) is 12.1 Å². The number of ether oxygens (including phenoxy) is 1. The van der Waals surface area contributed by atoms with E-state index in [2.05, 4.69) is 4.74 Å². The van der Waals surface area contributed by atoms with Gasteiger partial charge in [-0.15, -0.1) is 0 Å². The highest BCUT2D eigenvalue weighted by atomic mass is 35.5. The number of hydrogen-bond acceptors (Lipinski definition) is 6. The SMILES string of the molecule is COC(=O)c1cc([N+](=O)[O-])c(N2CCN(CC3CCCC3)C(=O)C2)cc1Cl. The summed E-state index contributed by atoms with van der Waals surface area (Å²) in [5.41, 5.74) is -0.0934. The van der Waals surface area contributed by atoms with Crippen LogP contribution >= 0.6 is 11.6 Å². The van der Waals surface area contributed by atoms with Gasteiger partial charge in [-0.05, 0) is 24.8 Å². The summed E-state index contributed by atoms with van der Waals surface area (Å²) in [5, 5.41) is 11.6. The zero-order valence-corrected chi connectivity index (χ0v) is 15.9. The predicted molar refractivity (Wildman–Crippen MR) is 100 cm³/mol. The number of hydrogen-bond donors (Lipinski definition) is 0. The van der Waals surface area contributed by atoms with E-state index in [1.54, 1.807) is 4.90 Å². The summed E-state index contributed by atoms with van der Waals surface area (Å²) in [4.78, 5) is 38.7. The van der Waals surface area contributed by atoms with E-state index in [0.29, 0.717) is 19.0 Å². The monoisotopic (exact) mass is 395 g/mol. The van der Waals surface area contributed by atoms with E-state index >= 15 is 0 Å². The van der Waals surface area contributed by atoms with Crippen LogP contribution in [0.1, 0.15) is 36.0 Å². The first-order valence-corrected chi connectivity index (χ1v) is 9.37. The van der Waals surface area contributed by atoms with Gasteiger partial charge in [-0.25, -0.2) is 4.79 Å². The fourth-order valence-electron chi connectivity index (χ4n) is 3.83. The van der Waals surface area contributed by atoms with E-state index in [0.717, 1.165) is 25.5 Å². The van der Waals surface area contributed by atoms with Crippen molar-refractivity contribution in [2.75, 3.05) is 38.2 Å². The normalized spacial score (nSPS) is 18.1. The molecule has 1 aromatic carbocycles. The van der Waals surface area contributed by atoms with E-state index < -0.39 is 10.9 Å². The smallest absolute Gasteiger partial charge is 0.339 e. The molecule has 1 amide bonds. The highest BCUT2D eigenvalue weighted by molar-refractivity contribution is 6.34. The molecule has 1 aliphatic carbocycles. The lowest BCUT2D eigenvalue weighted by Gasteiger charge is -2.36. The second kappa shape index (κ2) is 8.12. The minimum absolute atomic E-state index is 0.0457. The van der Waals surface area contributed by atoms with Gasteiger partial charge in [0.15, 0.2) is 0 Å². The summed E-state index contributed by atoms with van der Waals surface area (Å²) in [7, 11) is 1.18. The molecule has 0 spiro atoms. The zero-order chi connectivity index (χ0) is 19.6. The number of halogens is 1. The molecule has 0 unspecified atom stereocenters. The molecule has 0 bridgehead atoms. The molecule has 1 saturated carbocycles. The maximum Gasteiger partial charge on any atom is 0.339 e.